The van der Waals surface area contributed by atoms with Gasteiger partial charge in [-0.3, -0.25) is 0 Å². The molecule has 0 aliphatic heterocycles. The van der Waals surface area contributed by atoms with Crippen LogP contribution in [0.4, 0.5) is 0 Å². The molecule has 0 aliphatic carbocycles. The van der Waals surface area contributed by atoms with Crippen LogP contribution in [0, 0.1) is 0 Å². The van der Waals surface area contributed by atoms with Crippen molar-refractivity contribution in [3.63, 3.8) is 0 Å². The molecule has 0 saturated heterocycles. The van der Waals surface area contributed by atoms with Gasteiger partial charge in [0.25, 0.3) is 0 Å². The van der Waals surface area contributed by atoms with Crippen molar-refractivity contribution < 1.29 is 14.3 Å². The molecule has 0 N–H and O–H groups in total. The van der Waals surface area contributed by atoms with Crippen molar-refractivity contribution in [3.8, 4) is 0 Å². The van der Waals surface area contributed by atoms with Gasteiger partial charge < -0.3 is 9.47 Å². The van der Waals surface area contributed by atoms with Crippen LogP contribution in [0.2, 0.25) is 0 Å². The van der Waals surface area contributed by atoms with Crippen LogP contribution in [0.1, 0.15) is 65.2 Å². The van der Waals surface area contributed by atoms with E-state index in [-0.39, 0.29) is 5.76 Å². The van der Waals surface area contributed by atoms with Crippen molar-refractivity contribution in [2.24, 2.45) is 0 Å². The normalized spacial score (nSPS) is 10.1. The van der Waals surface area contributed by atoms with E-state index in [0.29, 0.717) is 13.2 Å². The van der Waals surface area contributed by atoms with Crippen molar-refractivity contribution in [1.82, 2.24) is 0 Å². The summed E-state index contributed by atoms with van der Waals surface area (Å²) in [6.07, 6.45) is 9.07. The average Bonchev–Trinajstić information content (AvgIpc) is 2.37. The lowest BCUT2D eigenvalue weighted by Gasteiger charge is -2.08. The highest BCUT2D eigenvalue weighted by molar-refractivity contribution is 5.85. The second-order valence-electron chi connectivity index (χ2n) is 4.53. The number of rotatable bonds is 12. The van der Waals surface area contributed by atoms with Crippen LogP contribution in [0.25, 0.3) is 0 Å². The maximum Gasteiger partial charge on any atom is 0.372 e. The van der Waals surface area contributed by atoms with E-state index in [1.165, 1.54) is 25.7 Å². The van der Waals surface area contributed by atoms with Gasteiger partial charge >= 0.3 is 5.97 Å². The zero-order chi connectivity index (χ0) is 13.6. The van der Waals surface area contributed by atoms with Crippen LogP contribution < -0.4 is 0 Å². The third-order valence-corrected chi connectivity index (χ3v) is 2.73. The number of carbonyl (C=O) groups is 1. The Morgan fingerprint density at radius 2 is 1.39 bits per heavy atom. The molecule has 0 bridgehead atoms. The van der Waals surface area contributed by atoms with Crippen LogP contribution in [0.3, 0.4) is 0 Å². The Kier molecular flexibility index (Phi) is 11.8. The third-order valence-electron chi connectivity index (χ3n) is 2.73. The molecule has 3 nitrogen and oxygen atoms in total. The maximum absolute atomic E-state index is 11.4. The number of unbranched alkanes of at least 4 members (excludes halogenated alkanes) is 6. The Balaban J connectivity index is 3.38. The first-order valence-corrected chi connectivity index (χ1v) is 7.21. The molecule has 3 heteroatoms. The molecule has 0 heterocycles. The van der Waals surface area contributed by atoms with Gasteiger partial charge in [0.15, 0.2) is 5.76 Å². The molecule has 18 heavy (non-hydrogen) atoms. The predicted molar refractivity (Wildman–Crippen MR) is 74.3 cm³/mol. The van der Waals surface area contributed by atoms with E-state index in [9.17, 15) is 4.79 Å². The largest absolute Gasteiger partial charge is 0.487 e. The van der Waals surface area contributed by atoms with Gasteiger partial charge in [-0.15, -0.1) is 0 Å². The van der Waals surface area contributed by atoms with E-state index in [0.717, 1.165) is 25.7 Å². The Hall–Kier alpha value is -0.990. The Labute approximate surface area is 112 Å². The molecular weight excluding hydrogens is 228 g/mol. The molecular formula is C15H28O3. The predicted octanol–water partition coefficient (Wildman–Crippen LogP) is 4.22. The minimum Gasteiger partial charge on any atom is -0.487 e. The zero-order valence-electron chi connectivity index (χ0n) is 12.0. The summed E-state index contributed by atoms with van der Waals surface area (Å²) < 4.78 is 10.3. The molecule has 0 fully saturated rings. The lowest BCUT2D eigenvalue weighted by atomic mass is 10.1. The van der Waals surface area contributed by atoms with Gasteiger partial charge in [-0.25, -0.2) is 4.79 Å². The molecule has 0 unspecified atom stereocenters. The highest BCUT2D eigenvalue weighted by Crippen LogP contribution is 2.06. The van der Waals surface area contributed by atoms with E-state index >= 15 is 0 Å². The van der Waals surface area contributed by atoms with Crippen molar-refractivity contribution in [2.75, 3.05) is 13.2 Å². The molecule has 0 radical (unpaired) electrons. The summed E-state index contributed by atoms with van der Waals surface area (Å²) in [4.78, 5) is 11.4. The summed E-state index contributed by atoms with van der Waals surface area (Å²) in [5.41, 5.74) is 0. The Morgan fingerprint density at radius 3 is 2.06 bits per heavy atom. The summed E-state index contributed by atoms with van der Waals surface area (Å²) in [5.74, 6) is -0.283. The second kappa shape index (κ2) is 12.5. The SMILES string of the molecule is C=C(OCCCC)C(=O)OCCCCCCCC. The fourth-order valence-electron chi connectivity index (χ4n) is 1.53. The van der Waals surface area contributed by atoms with E-state index < -0.39 is 5.97 Å². The molecule has 0 aliphatic rings. The summed E-state index contributed by atoms with van der Waals surface area (Å²) in [6.45, 7) is 8.86. The highest BCUT2D eigenvalue weighted by atomic mass is 16.6. The lowest BCUT2D eigenvalue weighted by molar-refractivity contribution is -0.143. The van der Waals surface area contributed by atoms with E-state index in [1.54, 1.807) is 0 Å². The van der Waals surface area contributed by atoms with Gasteiger partial charge in [0, 0.05) is 0 Å². The van der Waals surface area contributed by atoms with Crippen LogP contribution in [-0.4, -0.2) is 19.2 Å². The summed E-state index contributed by atoms with van der Waals surface area (Å²) in [6, 6.07) is 0. The summed E-state index contributed by atoms with van der Waals surface area (Å²) >= 11 is 0. The molecule has 106 valence electrons. The Bertz CT molecular complexity index is 224. The van der Waals surface area contributed by atoms with Crippen LogP contribution in [0.5, 0.6) is 0 Å². The quantitative estimate of drug-likeness (QED) is 0.227. The second-order valence-corrected chi connectivity index (χ2v) is 4.53. The first-order chi connectivity index (χ1) is 8.72. The first-order valence-electron chi connectivity index (χ1n) is 7.21. The number of esters is 1. The van der Waals surface area contributed by atoms with Crippen LogP contribution >= 0.6 is 0 Å². The van der Waals surface area contributed by atoms with Gasteiger partial charge in [-0.05, 0) is 19.4 Å². The van der Waals surface area contributed by atoms with E-state index in [4.69, 9.17) is 9.47 Å². The highest BCUT2D eigenvalue weighted by Gasteiger charge is 2.08. The number of hydrogen-bond donors (Lipinski definition) is 0. The monoisotopic (exact) mass is 256 g/mol. The summed E-state index contributed by atoms with van der Waals surface area (Å²) in [5, 5.41) is 0. The smallest absolute Gasteiger partial charge is 0.372 e. The Morgan fingerprint density at radius 1 is 0.833 bits per heavy atom. The first kappa shape index (κ1) is 17.0. The summed E-state index contributed by atoms with van der Waals surface area (Å²) in [7, 11) is 0. The fraction of sp³-hybridized carbons (Fsp3) is 0.800. The van der Waals surface area contributed by atoms with Crippen LogP contribution in [0.15, 0.2) is 12.3 Å². The van der Waals surface area contributed by atoms with Crippen molar-refractivity contribution in [1.29, 1.82) is 0 Å². The number of carbonyl (C=O) groups excluding carboxylic acids is 1. The maximum atomic E-state index is 11.4. The van der Waals surface area contributed by atoms with Crippen molar-refractivity contribution >= 4 is 5.97 Å². The lowest BCUT2D eigenvalue weighted by Crippen LogP contribution is -2.11. The van der Waals surface area contributed by atoms with E-state index in [2.05, 4.69) is 20.4 Å². The number of hydrogen-bond acceptors (Lipinski definition) is 3. The standard InChI is InChI=1S/C15H28O3/c1-4-6-8-9-10-11-13-18-15(16)14(3)17-12-7-5-2/h3-13H2,1-2H3. The van der Waals surface area contributed by atoms with Crippen LogP contribution in [-0.2, 0) is 14.3 Å². The van der Waals surface area contributed by atoms with Gasteiger partial charge in [0.2, 0.25) is 0 Å². The molecule has 0 amide bonds. The molecule has 0 aromatic carbocycles. The van der Waals surface area contributed by atoms with Gasteiger partial charge in [0.1, 0.15) is 0 Å². The minimum absolute atomic E-state index is 0.134. The van der Waals surface area contributed by atoms with Gasteiger partial charge in [-0.1, -0.05) is 52.4 Å². The van der Waals surface area contributed by atoms with E-state index in [1.807, 2.05) is 0 Å². The molecule has 0 aromatic rings. The zero-order valence-corrected chi connectivity index (χ0v) is 12.0. The molecule has 0 aromatic heterocycles. The molecule has 0 rings (SSSR count). The molecule has 0 saturated carbocycles. The topological polar surface area (TPSA) is 35.5 Å². The average molecular weight is 256 g/mol. The molecule has 0 spiro atoms. The van der Waals surface area contributed by atoms with Crippen molar-refractivity contribution in [3.05, 3.63) is 12.3 Å². The fourth-order valence-corrected chi connectivity index (χ4v) is 1.53. The third kappa shape index (κ3) is 10.2. The van der Waals surface area contributed by atoms with Crippen molar-refractivity contribution in [2.45, 2.75) is 65.2 Å². The minimum atomic E-state index is -0.417. The number of ether oxygens (including phenoxy) is 2. The molecule has 0 atom stereocenters. The van der Waals surface area contributed by atoms with Gasteiger partial charge in [0.05, 0.1) is 13.2 Å². The van der Waals surface area contributed by atoms with Gasteiger partial charge in [-0.2, -0.15) is 0 Å².